The standard InChI is InChI=1S/C29H38ClN5O3/c1-3-33(4-2)27(37)25-11-6-20(17-31-25)21-16-24(30)26(32-18-21)34-14-5-12-29(19-34)13-15-35(28(29)38)22-7-9-23(36)10-8-22/h6,11,16-18,22-23,36H,3-5,7-10,12-15,19H2,1-2H3/t22?,23?,29-/m1/s1. The van der Waals surface area contributed by atoms with Gasteiger partial charge in [-0.3, -0.25) is 14.6 Å². The van der Waals surface area contributed by atoms with Crippen LogP contribution in [0.2, 0.25) is 5.02 Å². The maximum atomic E-state index is 13.7. The van der Waals surface area contributed by atoms with Crippen LogP contribution in [0.1, 0.15) is 69.3 Å². The molecule has 2 aromatic rings. The molecule has 0 bridgehead atoms. The average molecular weight is 540 g/mol. The van der Waals surface area contributed by atoms with E-state index in [0.717, 1.165) is 69.2 Å². The molecule has 0 radical (unpaired) electrons. The lowest BCUT2D eigenvalue weighted by atomic mass is 9.78. The van der Waals surface area contributed by atoms with E-state index in [2.05, 4.69) is 14.8 Å². The lowest BCUT2D eigenvalue weighted by Crippen LogP contribution is -2.50. The summed E-state index contributed by atoms with van der Waals surface area (Å²) in [5.74, 6) is 0.901. The van der Waals surface area contributed by atoms with Crippen molar-refractivity contribution >= 4 is 29.2 Å². The van der Waals surface area contributed by atoms with Gasteiger partial charge in [0.25, 0.3) is 5.91 Å². The van der Waals surface area contributed by atoms with Gasteiger partial charge in [0.15, 0.2) is 0 Å². The number of aliphatic hydroxyl groups excluding tert-OH is 1. The van der Waals surface area contributed by atoms with Crippen molar-refractivity contribution < 1.29 is 14.7 Å². The number of likely N-dealkylation sites (tertiary alicyclic amines) is 1. The summed E-state index contributed by atoms with van der Waals surface area (Å²) in [6, 6.07) is 5.77. The van der Waals surface area contributed by atoms with Crippen LogP contribution in [-0.4, -0.2) is 81.6 Å². The first-order chi connectivity index (χ1) is 18.3. The van der Waals surface area contributed by atoms with Crippen molar-refractivity contribution in [1.29, 1.82) is 0 Å². The van der Waals surface area contributed by atoms with Gasteiger partial charge in [0.1, 0.15) is 11.5 Å². The smallest absolute Gasteiger partial charge is 0.272 e. The molecule has 2 aliphatic heterocycles. The first-order valence-electron chi connectivity index (χ1n) is 14.0. The summed E-state index contributed by atoms with van der Waals surface area (Å²) in [6.45, 7) is 7.45. The van der Waals surface area contributed by atoms with Crippen molar-refractivity contribution in [3.8, 4) is 11.1 Å². The van der Waals surface area contributed by atoms with Crippen LogP contribution in [0.5, 0.6) is 0 Å². The third kappa shape index (κ3) is 5.13. The number of hydrogen-bond donors (Lipinski definition) is 1. The fraction of sp³-hybridized carbons (Fsp3) is 0.586. The minimum Gasteiger partial charge on any atom is -0.393 e. The Labute approximate surface area is 230 Å². The summed E-state index contributed by atoms with van der Waals surface area (Å²) >= 11 is 6.76. The Balaban J connectivity index is 1.29. The predicted octanol–water partition coefficient (Wildman–Crippen LogP) is 4.40. The molecule has 1 atom stereocenters. The van der Waals surface area contributed by atoms with Crippen LogP contribution >= 0.6 is 11.6 Å². The Morgan fingerprint density at radius 1 is 1.08 bits per heavy atom. The highest BCUT2D eigenvalue weighted by Crippen LogP contribution is 2.44. The van der Waals surface area contributed by atoms with E-state index >= 15 is 0 Å². The van der Waals surface area contributed by atoms with Gasteiger partial charge >= 0.3 is 0 Å². The van der Waals surface area contributed by atoms with Crippen molar-refractivity contribution in [2.24, 2.45) is 5.41 Å². The Morgan fingerprint density at radius 2 is 1.82 bits per heavy atom. The summed E-state index contributed by atoms with van der Waals surface area (Å²) < 4.78 is 0. The van der Waals surface area contributed by atoms with Gasteiger partial charge in [0.2, 0.25) is 5.91 Å². The van der Waals surface area contributed by atoms with Crippen LogP contribution < -0.4 is 4.90 Å². The second kappa shape index (κ2) is 11.2. The number of rotatable bonds is 6. The Bertz CT molecular complexity index is 1160. The number of anilines is 1. The SMILES string of the molecule is CCN(CC)C(=O)c1ccc(-c2cnc(N3CCC[C@@]4(CCN(C5CCC(O)CC5)C4=O)C3)c(Cl)c2)cn1. The van der Waals surface area contributed by atoms with Gasteiger partial charge in [-0.15, -0.1) is 0 Å². The zero-order valence-electron chi connectivity index (χ0n) is 22.4. The average Bonchev–Trinajstić information content (AvgIpc) is 3.24. The summed E-state index contributed by atoms with van der Waals surface area (Å²) in [6.07, 6.45) is 9.29. The van der Waals surface area contributed by atoms with Crippen LogP contribution in [0, 0.1) is 5.41 Å². The van der Waals surface area contributed by atoms with Crippen LogP contribution in [0.3, 0.4) is 0 Å². The van der Waals surface area contributed by atoms with E-state index in [1.165, 1.54) is 0 Å². The highest BCUT2D eigenvalue weighted by molar-refractivity contribution is 6.33. The Morgan fingerprint density at radius 3 is 2.47 bits per heavy atom. The second-order valence-corrected chi connectivity index (χ2v) is 11.4. The molecule has 204 valence electrons. The van der Waals surface area contributed by atoms with E-state index in [1.54, 1.807) is 23.4 Å². The number of aliphatic hydroxyl groups is 1. The number of amides is 2. The molecule has 3 aliphatic rings. The summed E-state index contributed by atoms with van der Waals surface area (Å²) in [5.41, 5.74) is 1.72. The van der Waals surface area contributed by atoms with Crippen molar-refractivity contribution in [1.82, 2.24) is 19.8 Å². The number of hydrogen-bond acceptors (Lipinski definition) is 6. The number of halogens is 1. The zero-order chi connectivity index (χ0) is 26.9. The largest absolute Gasteiger partial charge is 0.393 e. The topological polar surface area (TPSA) is 89.9 Å². The summed E-state index contributed by atoms with van der Waals surface area (Å²) in [5, 5.41) is 10.4. The molecule has 1 aliphatic carbocycles. The number of carbonyl (C=O) groups excluding carboxylic acids is 2. The van der Waals surface area contributed by atoms with Gasteiger partial charge in [-0.1, -0.05) is 17.7 Å². The van der Waals surface area contributed by atoms with E-state index in [4.69, 9.17) is 16.6 Å². The molecule has 1 spiro atoms. The Hall–Kier alpha value is -2.71. The molecule has 2 saturated heterocycles. The van der Waals surface area contributed by atoms with Gasteiger partial charge in [-0.2, -0.15) is 0 Å². The molecular formula is C29H38ClN5O3. The van der Waals surface area contributed by atoms with Gasteiger partial charge in [-0.05, 0) is 70.9 Å². The monoisotopic (exact) mass is 539 g/mol. The third-order valence-corrected chi connectivity index (χ3v) is 9.00. The summed E-state index contributed by atoms with van der Waals surface area (Å²) in [7, 11) is 0. The summed E-state index contributed by atoms with van der Waals surface area (Å²) in [4.78, 5) is 41.4. The molecule has 2 amide bonds. The molecule has 1 saturated carbocycles. The zero-order valence-corrected chi connectivity index (χ0v) is 23.2. The molecule has 0 unspecified atom stereocenters. The van der Waals surface area contributed by atoms with Gasteiger partial charge < -0.3 is 19.8 Å². The fourth-order valence-electron chi connectivity index (χ4n) is 6.44. The molecule has 1 N–H and O–H groups in total. The van der Waals surface area contributed by atoms with E-state index in [1.807, 2.05) is 26.0 Å². The van der Waals surface area contributed by atoms with Crippen LogP contribution in [0.4, 0.5) is 5.82 Å². The first-order valence-corrected chi connectivity index (χ1v) is 14.4. The van der Waals surface area contributed by atoms with Crippen molar-refractivity contribution in [3.05, 3.63) is 41.3 Å². The number of pyridine rings is 2. The highest BCUT2D eigenvalue weighted by atomic mass is 35.5. The quantitative estimate of drug-likeness (QED) is 0.585. The van der Waals surface area contributed by atoms with Gasteiger partial charge in [-0.25, -0.2) is 4.98 Å². The molecular weight excluding hydrogens is 502 g/mol. The number of piperidine rings is 1. The lowest BCUT2D eigenvalue weighted by molar-refractivity contribution is -0.139. The van der Waals surface area contributed by atoms with Crippen molar-refractivity contribution in [2.45, 2.75) is 70.9 Å². The van der Waals surface area contributed by atoms with E-state index in [9.17, 15) is 14.7 Å². The van der Waals surface area contributed by atoms with Crippen molar-refractivity contribution in [3.63, 3.8) is 0 Å². The number of aromatic nitrogens is 2. The number of carbonyl (C=O) groups is 2. The van der Waals surface area contributed by atoms with Gasteiger partial charge in [0.05, 0.1) is 16.5 Å². The van der Waals surface area contributed by atoms with Crippen LogP contribution in [0.15, 0.2) is 30.6 Å². The minimum atomic E-state index is -0.380. The molecule has 2 aromatic heterocycles. The molecule has 9 heteroatoms. The fourth-order valence-corrected chi connectivity index (χ4v) is 6.73. The van der Waals surface area contributed by atoms with Gasteiger partial charge in [0, 0.05) is 62.3 Å². The molecule has 3 fully saturated rings. The van der Waals surface area contributed by atoms with E-state index < -0.39 is 0 Å². The van der Waals surface area contributed by atoms with Crippen LogP contribution in [0.25, 0.3) is 11.1 Å². The molecule has 4 heterocycles. The first kappa shape index (κ1) is 26.9. The van der Waals surface area contributed by atoms with Crippen LogP contribution in [-0.2, 0) is 4.79 Å². The normalized spacial score (nSPS) is 25.7. The number of nitrogens with zero attached hydrogens (tertiary/aromatic N) is 5. The molecule has 0 aromatic carbocycles. The van der Waals surface area contributed by atoms with Crippen molar-refractivity contribution in [2.75, 3.05) is 37.6 Å². The predicted molar refractivity (Wildman–Crippen MR) is 148 cm³/mol. The maximum Gasteiger partial charge on any atom is 0.272 e. The molecule has 5 rings (SSSR count). The minimum absolute atomic E-state index is 0.0758. The molecule has 8 nitrogen and oxygen atoms in total. The third-order valence-electron chi connectivity index (χ3n) is 8.72. The highest BCUT2D eigenvalue weighted by Gasteiger charge is 2.51. The maximum absolute atomic E-state index is 13.7. The van der Waals surface area contributed by atoms with E-state index in [0.29, 0.717) is 36.2 Å². The van der Waals surface area contributed by atoms with E-state index in [-0.39, 0.29) is 29.4 Å². The molecule has 38 heavy (non-hydrogen) atoms. The Kier molecular flexibility index (Phi) is 7.91. The second-order valence-electron chi connectivity index (χ2n) is 11.0. The lowest BCUT2D eigenvalue weighted by Gasteiger charge is -2.41.